The lowest BCUT2D eigenvalue weighted by molar-refractivity contribution is 0.331. The molecule has 18 heavy (non-hydrogen) atoms. The Kier molecular flexibility index (Phi) is 4.79. The van der Waals surface area contributed by atoms with Gasteiger partial charge in [-0.25, -0.2) is 4.98 Å². The van der Waals surface area contributed by atoms with Crippen molar-refractivity contribution in [2.45, 2.75) is 71.9 Å². The van der Waals surface area contributed by atoms with E-state index in [1.165, 1.54) is 47.7 Å². The lowest BCUT2D eigenvalue weighted by Crippen LogP contribution is -2.36. The molecule has 102 valence electrons. The Balaban J connectivity index is 2.01. The Hall–Kier alpha value is -0.410. The third-order valence-corrected chi connectivity index (χ3v) is 5.41. The van der Waals surface area contributed by atoms with Gasteiger partial charge in [0.1, 0.15) is 0 Å². The fraction of sp³-hybridized carbons (Fsp3) is 0.800. The maximum absolute atomic E-state index is 4.54. The largest absolute Gasteiger partial charge is 0.306 e. The van der Waals surface area contributed by atoms with E-state index in [0.29, 0.717) is 12.1 Å². The second-order valence-electron chi connectivity index (χ2n) is 5.79. The van der Waals surface area contributed by atoms with Crippen molar-refractivity contribution in [3.8, 4) is 0 Å². The van der Waals surface area contributed by atoms with Crippen molar-refractivity contribution in [1.29, 1.82) is 0 Å². The van der Waals surface area contributed by atoms with Crippen molar-refractivity contribution in [3.05, 3.63) is 15.6 Å². The van der Waals surface area contributed by atoms with Crippen LogP contribution in [0.5, 0.6) is 0 Å². The average molecular weight is 266 g/mol. The van der Waals surface area contributed by atoms with Gasteiger partial charge in [-0.05, 0) is 39.5 Å². The second kappa shape index (κ2) is 6.16. The van der Waals surface area contributed by atoms with Crippen molar-refractivity contribution in [3.63, 3.8) is 0 Å². The number of aryl methyl sites for hydroxylation is 2. The Labute approximate surface area is 115 Å². The molecule has 0 spiro atoms. The van der Waals surface area contributed by atoms with E-state index in [-0.39, 0.29) is 0 Å². The minimum atomic E-state index is 0.446. The van der Waals surface area contributed by atoms with Crippen LogP contribution in [0.1, 0.15) is 67.6 Å². The van der Waals surface area contributed by atoms with E-state index >= 15 is 0 Å². The Morgan fingerprint density at radius 1 is 1.22 bits per heavy atom. The molecule has 1 saturated carbocycles. The predicted octanol–water partition coefficient (Wildman–Crippen LogP) is 4.38. The van der Waals surface area contributed by atoms with Gasteiger partial charge < -0.3 is 5.32 Å². The highest BCUT2D eigenvalue weighted by atomic mass is 32.1. The minimum absolute atomic E-state index is 0.446. The van der Waals surface area contributed by atoms with Crippen LogP contribution < -0.4 is 5.32 Å². The van der Waals surface area contributed by atoms with Crippen LogP contribution in [-0.2, 0) is 0 Å². The molecule has 0 aromatic carbocycles. The molecule has 3 atom stereocenters. The number of rotatable bonds is 3. The fourth-order valence-electron chi connectivity index (χ4n) is 3.09. The van der Waals surface area contributed by atoms with Gasteiger partial charge in [0.2, 0.25) is 0 Å². The first-order chi connectivity index (χ1) is 8.58. The maximum atomic E-state index is 4.54. The van der Waals surface area contributed by atoms with E-state index in [2.05, 4.69) is 38.0 Å². The molecule has 1 aromatic heterocycles. The first-order valence-electron chi connectivity index (χ1n) is 7.28. The van der Waals surface area contributed by atoms with E-state index in [1.807, 2.05) is 11.3 Å². The molecule has 1 aliphatic carbocycles. The zero-order valence-corrected chi connectivity index (χ0v) is 12.9. The van der Waals surface area contributed by atoms with Crippen LogP contribution in [-0.4, -0.2) is 11.0 Å². The molecule has 1 heterocycles. The summed E-state index contributed by atoms with van der Waals surface area (Å²) < 4.78 is 0. The van der Waals surface area contributed by atoms with Gasteiger partial charge in [-0.1, -0.05) is 26.2 Å². The highest BCUT2D eigenvalue weighted by Gasteiger charge is 2.23. The number of thiazole rings is 1. The topological polar surface area (TPSA) is 24.9 Å². The molecular weight excluding hydrogens is 240 g/mol. The van der Waals surface area contributed by atoms with Crippen LogP contribution in [0, 0.1) is 19.8 Å². The van der Waals surface area contributed by atoms with Crippen molar-refractivity contribution >= 4 is 11.3 Å². The lowest BCUT2D eigenvalue weighted by Gasteiger charge is -2.26. The quantitative estimate of drug-likeness (QED) is 0.821. The summed E-state index contributed by atoms with van der Waals surface area (Å²) in [6, 6.07) is 1.13. The van der Waals surface area contributed by atoms with Gasteiger partial charge in [0.25, 0.3) is 0 Å². The maximum Gasteiger partial charge on any atom is 0.0900 e. The smallest absolute Gasteiger partial charge is 0.0900 e. The number of nitrogens with one attached hydrogen (secondary N) is 1. The Morgan fingerprint density at radius 3 is 2.61 bits per heavy atom. The van der Waals surface area contributed by atoms with Gasteiger partial charge in [-0.2, -0.15) is 0 Å². The normalized spacial score (nSPS) is 26.9. The minimum Gasteiger partial charge on any atom is -0.306 e. The van der Waals surface area contributed by atoms with E-state index in [9.17, 15) is 0 Å². The van der Waals surface area contributed by atoms with Gasteiger partial charge in [-0.15, -0.1) is 11.3 Å². The van der Waals surface area contributed by atoms with Crippen molar-refractivity contribution in [2.24, 2.45) is 5.92 Å². The van der Waals surface area contributed by atoms with Gasteiger partial charge in [-0.3, -0.25) is 0 Å². The summed E-state index contributed by atoms with van der Waals surface area (Å²) in [5.74, 6) is 0.810. The molecule has 0 bridgehead atoms. The average Bonchev–Trinajstić information content (AvgIpc) is 2.52. The molecule has 0 aliphatic heterocycles. The summed E-state index contributed by atoms with van der Waals surface area (Å²) in [7, 11) is 0. The van der Waals surface area contributed by atoms with Crippen LogP contribution >= 0.6 is 11.3 Å². The highest BCUT2D eigenvalue weighted by Crippen LogP contribution is 2.28. The molecule has 1 fully saturated rings. The summed E-state index contributed by atoms with van der Waals surface area (Å²) in [6.07, 6.45) is 6.92. The number of nitrogens with zero attached hydrogens (tertiary/aromatic N) is 1. The van der Waals surface area contributed by atoms with Crippen LogP contribution in [0.4, 0.5) is 0 Å². The molecule has 1 N–H and O–H groups in total. The standard InChI is InChI=1S/C15H26N2S/c1-10-8-6-5-7-9-14(10)17-12(3)15-11(2)16-13(4)18-15/h10,12,14,17H,5-9H2,1-4H3. The monoisotopic (exact) mass is 266 g/mol. The first-order valence-corrected chi connectivity index (χ1v) is 8.09. The molecule has 3 unspecified atom stereocenters. The van der Waals surface area contributed by atoms with Gasteiger partial charge in [0.15, 0.2) is 0 Å². The third-order valence-electron chi connectivity index (χ3n) is 4.16. The third kappa shape index (κ3) is 3.33. The molecule has 1 aromatic rings. The molecule has 0 amide bonds. The fourth-order valence-corrected chi connectivity index (χ4v) is 4.03. The first kappa shape index (κ1) is 14.0. The summed E-state index contributed by atoms with van der Waals surface area (Å²) in [6.45, 7) is 8.92. The van der Waals surface area contributed by atoms with Crippen molar-refractivity contribution in [2.75, 3.05) is 0 Å². The van der Waals surface area contributed by atoms with Crippen molar-refractivity contribution < 1.29 is 0 Å². The molecular formula is C15H26N2S. The van der Waals surface area contributed by atoms with E-state index < -0.39 is 0 Å². The lowest BCUT2D eigenvalue weighted by atomic mass is 9.96. The summed E-state index contributed by atoms with van der Waals surface area (Å²) in [4.78, 5) is 5.96. The van der Waals surface area contributed by atoms with E-state index in [1.54, 1.807) is 0 Å². The molecule has 1 aliphatic rings. The molecule has 3 heteroatoms. The SMILES string of the molecule is Cc1nc(C)c(C(C)NC2CCCCCC2C)s1. The highest BCUT2D eigenvalue weighted by molar-refractivity contribution is 7.11. The zero-order valence-electron chi connectivity index (χ0n) is 12.1. The van der Waals surface area contributed by atoms with Crippen LogP contribution in [0.2, 0.25) is 0 Å². The molecule has 2 nitrogen and oxygen atoms in total. The van der Waals surface area contributed by atoms with Crippen LogP contribution in [0.25, 0.3) is 0 Å². The molecule has 0 saturated heterocycles. The van der Waals surface area contributed by atoms with Crippen LogP contribution in [0.3, 0.4) is 0 Å². The number of hydrogen-bond acceptors (Lipinski definition) is 3. The van der Waals surface area contributed by atoms with E-state index in [0.717, 1.165) is 5.92 Å². The van der Waals surface area contributed by atoms with Gasteiger partial charge in [0, 0.05) is 17.0 Å². The Morgan fingerprint density at radius 2 is 1.94 bits per heavy atom. The van der Waals surface area contributed by atoms with Crippen LogP contribution in [0.15, 0.2) is 0 Å². The molecule has 0 radical (unpaired) electrons. The van der Waals surface area contributed by atoms with Gasteiger partial charge in [0.05, 0.1) is 10.7 Å². The number of hydrogen-bond donors (Lipinski definition) is 1. The predicted molar refractivity (Wildman–Crippen MR) is 79.2 cm³/mol. The summed E-state index contributed by atoms with van der Waals surface area (Å²) in [5, 5.41) is 5.03. The zero-order chi connectivity index (χ0) is 13.1. The molecule has 2 rings (SSSR count). The Bertz CT molecular complexity index is 386. The van der Waals surface area contributed by atoms with E-state index in [4.69, 9.17) is 0 Å². The summed E-state index contributed by atoms with van der Waals surface area (Å²) in [5.41, 5.74) is 1.21. The summed E-state index contributed by atoms with van der Waals surface area (Å²) >= 11 is 1.84. The second-order valence-corrected chi connectivity index (χ2v) is 7.03. The number of aromatic nitrogens is 1. The van der Waals surface area contributed by atoms with Gasteiger partial charge >= 0.3 is 0 Å². The van der Waals surface area contributed by atoms with Crippen molar-refractivity contribution in [1.82, 2.24) is 10.3 Å².